The Balaban J connectivity index is 2.18. The van der Waals surface area contributed by atoms with Crippen LogP contribution in [0.4, 0.5) is 5.88 Å². The van der Waals surface area contributed by atoms with E-state index in [4.69, 9.17) is 10.2 Å². The van der Waals surface area contributed by atoms with Crippen LogP contribution in [0.25, 0.3) is 21.8 Å². The van der Waals surface area contributed by atoms with Gasteiger partial charge in [0.2, 0.25) is 5.88 Å². The van der Waals surface area contributed by atoms with Crippen LogP contribution in [0.3, 0.4) is 0 Å². The maximum Gasteiger partial charge on any atom is 0.202 e. The zero-order valence-corrected chi connectivity index (χ0v) is 11.2. The fourth-order valence-electron chi connectivity index (χ4n) is 2.09. The van der Waals surface area contributed by atoms with Crippen molar-refractivity contribution in [3.8, 4) is 27.5 Å². The number of benzene rings is 1. The van der Waals surface area contributed by atoms with Gasteiger partial charge in [-0.05, 0) is 23.9 Å². The second kappa shape index (κ2) is 4.48. The molecule has 0 atom stereocenters. The Bertz CT molecular complexity index is 714. The highest BCUT2D eigenvalue weighted by Gasteiger charge is 2.21. The molecule has 0 amide bonds. The maximum atomic E-state index is 10.4. The number of nitrogens with two attached hydrogens (primary N) is 1. The molecule has 1 aromatic carbocycles. The molecule has 0 fully saturated rings. The van der Waals surface area contributed by atoms with Crippen LogP contribution in [-0.4, -0.2) is 5.11 Å². The Morgan fingerprint density at radius 3 is 2.74 bits per heavy atom. The van der Waals surface area contributed by atoms with Crippen LogP contribution < -0.4 is 5.73 Å². The minimum absolute atomic E-state index is 0.102. The predicted octanol–water partition coefficient (Wildman–Crippen LogP) is 4.27. The molecule has 0 aliphatic rings. The molecule has 4 heteroatoms. The first kappa shape index (κ1) is 11.9. The molecule has 2 heterocycles. The number of hydrogen-bond acceptors (Lipinski definition) is 4. The molecular formula is C15H13NO2S. The summed E-state index contributed by atoms with van der Waals surface area (Å²) in [4.78, 5) is 0.864. The van der Waals surface area contributed by atoms with Gasteiger partial charge in [-0.15, -0.1) is 11.3 Å². The fourth-order valence-corrected chi connectivity index (χ4v) is 2.80. The fraction of sp³-hybridized carbons (Fsp3) is 0.0667. The molecule has 3 aromatic rings. The standard InChI is InChI=1S/C15H13NO2S/c1-9-4-2-5-10(8-9)12-13(17)14(18-15(12)16)11-6-3-7-19-11/h2-8,17H,16H2,1H3. The topological polar surface area (TPSA) is 59.4 Å². The third-order valence-corrected chi connectivity index (χ3v) is 3.83. The highest BCUT2D eigenvalue weighted by Crippen LogP contribution is 2.45. The Kier molecular flexibility index (Phi) is 2.80. The summed E-state index contributed by atoms with van der Waals surface area (Å²) in [5, 5.41) is 12.3. The molecule has 0 saturated carbocycles. The first-order valence-corrected chi connectivity index (χ1v) is 6.77. The SMILES string of the molecule is Cc1cccc(-c2c(N)oc(-c3cccs3)c2O)c1. The van der Waals surface area contributed by atoms with E-state index in [-0.39, 0.29) is 11.6 Å². The molecular weight excluding hydrogens is 258 g/mol. The van der Waals surface area contributed by atoms with E-state index in [1.54, 1.807) is 0 Å². The van der Waals surface area contributed by atoms with Gasteiger partial charge in [-0.25, -0.2) is 0 Å². The van der Waals surface area contributed by atoms with E-state index in [0.29, 0.717) is 11.3 Å². The van der Waals surface area contributed by atoms with E-state index < -0.39 is 0 Å². The molecule has 0 aliphatic carbocycles. The van der Waals surface area contributed by atoms with E-state index in [9.17, 15) is 5.11 Å². The number of aromatic hydroxyl groups is 1. The van der Waals surface area contributed by atoms with Gasteiger partial charge in [0.05, 0.1) is 10.4 Å². The van der Waals surface area contributed by atoms with Gasteiger partial charge in [-0.1, -0.05) is 35.9 Å². The average molecular weight is 271 g/mol. The molecule has 2 aromatic heterocycles. The van der Waals surface area contributed by atoms with Crippen molar-refractivity contribution < 1.29 is 9.52 Å². The molecule has 0 spiro atoms. The molecule has 0 saturated heterocycles. The van der Waals surface area contributed by atoms with Gasteiger partial charge in [0.15, 0.2) is 11.5 Å². The number of furan rings is 1. The van der Waals surface area contributed by atoms with Gasteiger partial charge < -0.3 is 15.3 Å². The van der Waals surface area contributed by atoms with Crippen LogP contribution >= 0.6 is 11.3 Å². The maximum absolute atomic E-state index is 10.4. The predicted molar refractivity (Wildman–Crippen MR) is 78.3 cm³/mol. The smallest absolute Gasteiger partial charge is 0.202 e. The summed E-state index contributed by atoms with van der Waals surface area (Å²) < 4.78 is 5.52. The van der Waals surface area contributed by atoms with Crippen molar-refractivity contribution in [2.75, 3.05) is 5.73 Å². The van der Waals surface area contributed by atoms with Gasteiger partial charge in [-0.2, -0.15) is 0 Å². The van der Waals surface area contributed by atoms with Gasteiger partial charge in [0.25, 0.3) is 0 Å². The van der Waals surface area contributed by atoms with E-state index in [2.05, 4.69) is 0 Å². The lowest BCUT2D eigenvalue weighted by molar-refractivity contribution is 0.467. The lowest BCUT2D eigenvalue weighted by Gasteiger charge is -2.01. The van der Waals surface area contributed by atoms with E-state index in [1.165, 1.54) is 11.3 Å². The van der Waals surface area contributed by atoms with E-state index in [1.807, 2.05) is 48.7 Å². The minimum Gasteiger partial charge on any atom is -0.504 e. The molecule has 3 N–H and O–H groups in total. The summed E-state index contributed by atoms with van der Waals surface area (Å²) in [6.45, 7) is 2.00. The number of anilines is 1. The van der Waals surface area contributed by atoms with Crippen molar-refractivity contribution in [3.05, 3.63) is 47.3 Å². The van der Waals surface area contributed by atoms with Crippen LogP contribution in [0.2, 0.25) is 0 Å². The zero-order chi connectivity index (χ0) is 13.4. The summed E-state index contributed by atoms with van der Waals surface area (Å²) >= 11 is 1.50. The van der Waals surface area contributed by atoms with Crippen LogP contribution in [0.15, 0.2) is 46.2 Å². The second-order valence-corrected chi connectivity index (χ2v) is 5.31. The first-order chi connectivity index (χ1) is 9.16. The summed E-state index contributed by atoms with van der Waals surface area (Å²) in [5.74, 6) is 0.779. The summed E-state index contributed by atoms with van der Waals surface area (Å²) in [6.07, 6.45) is 0. The quantitative estimate of drug-likeness (QED) is 0.731. The average Bonchev–Trinajstić information content (AvgIpc) is 2.97. The molecule has 3 nitrogen and oxygen atoms in total. The van der Waals surface area contributed by atoms with Crippen LogP contribution in [0.1, 0.15) is 5.56 Å². The van der Waals surface area contributed by atoms with Crippen molar-refractivity contribution in [1.82, 2.24) is 0 Å². The Labute approximate surface area is 114 Å². The number of aryl methyl sites for hydroxylation is 1. The molecule has 96 valence electrons. The number of rotatable bonds is 2. The summed E-state index contributed by atoms with van der Waals surface area (Å²) in [5.41, 5.74) is 8.44. The molecule has 0 bridgehead atoms. The van der Waals surface area contributed by atoms with E-state index in [0.717, 1.165) is 16.0 Å². The third kappa shape index (κ3) is 2.00. The summed E-state index contributed by atoms with van der Waals surface area (Å²) in [6, 6.07) is 11.6. The number of hydrogen-bond donors (Lipinski definition) is 2. The number of thiophene rings is 1. The molecule has 0 radical (unpaired) electrons. The molecule has 0 aliphatic heterocycles. The van der Waals surface area contributed by atoms with Gasteiger partial charge in [0, 0.05) is 0 Å². The zero-order valence-electron chi connectivity index (χ0n) is 10.4. The monoisotopic (exact) mass is 271 g/mol. The first-order valence-electron chi connectivity index (χ1n) is 5.89. The van der Waals surface area contributed by atoms with Gasteiger partial charge >= 0.3 is 0 Å². The minimum atomic E-state index is 0.102. The largest absolute Gasteiger partial charge is 0.504 e. The Morgan fingerprint density at radius 1 is 1.21 bits per heavy atom. The molecule has 0 unspecified atom stereocenters. The normalized spacial score (nSPS) is 10.8. The van der Waals surface area contributed by atoms with Crippen molar-refractivity contribution in [1.29, 1.82) is 0 Å². The van der Waals surface area contributed by atoms with Crippen molar-refractivity contribution >= 4 is 17.2 Å². The van der Waals surface area contributed by atoms with E-state index >= 15 is 0 Å². The van der Waals surface area contributed by atoms with Crippen molar-refractivity contribution in [2.24, 2.45) is 0 Å². The Hall–Kier alpha value is -2.20. The van der Waals surface area contributed by atoms with Crippen LogP contribution in [0.5, 0.6) is 5.75 Å². The third-order valence-electron chi connectivity index (χ3n) is 2.96. The molecule has 3 rings (SSSR count). The molecule has 19 heavy (non-hydrogen) atoms. The van der Waals surface area contributed by atoms with Crippen molar-refractivity contribution in [3.63, 3.8) is 0 Å². The van der Waals surface area contributed by atoms with Gasteiger partial charge in [-0.3, -0.25) is 0 Å². The Morgan fingerprint density at radius 2 is 2.05 bits per heavy atom. The lowest BCUT2D eigenvalue weighted by Crippen LogP contribution is -1.85. The van der Waals surface area contributed by atoms with Crippen LogP contribution in [-0.2, 0) is 0 Å². The highest BCUT2D eigenvalue weighted by molar-refractivity contribution is 7.13. The lowest BCUT2D eigenvalue weighted by atomic mass is 10.0. The van der Waals surface area contributed by atoms with Crippen LogP contribution in [0, 0.1) is 6.92 Å². The summed E-state index contributed by atoms with van der Waals surface area (Å²) in [7, 11) is 0. The van der Waals surface area contributed by atoms with Gasteiger partial charge in [0.1, 0.15) is 0 Å². The van der Waals surface area contributed by atoms with Crippen molar-refractivity contribution in [2.45, 2.75) is 6.92 Å². The highest BCUT2D eigenvalue weighted by atomic mass is 32.1. The second-order valence-electron chi connectivity index (χ2n) is 4.37. The number of nitrogen functional groups attached to an aromatic ring is 1.